The Labute approximate surface area is 153 Å². The molecule has 2 N–H and O–H groups in total. The molecule has 1 aromatic heterocycles. The molecule has 1 aliphatic carbocycles. The third-order valence-corrected chi connectivity index (χ3v) is 6.71. The van der Waals surface area contributed by atoms with Crippen molar-refractivity contribution in [2.75, 3.05) is 4.72 Å². The topological polar surface area (TPSA) is 127 Å². The second kappa shape index (κ2) is 7.04. The van der Waals surface area contributed by atoms with Gasteiger partial charge in [0.15, 0.2) is 0 Å². The summed E-state index contributed by atoms with van der Waals surface area (Å²) in [6.07, 6.45) is 3.15. The lowest BCUT2D eigenvalue weighted by Crippen LogP contribution is -2.17. The number of nitro groups is 1. The zero-order valence-electron chi connectivity index (χ0n) is 13.6. The number of nitrogens with one attached hydrogen (secondary N) is 1. The van der Waals surface area contributed by atoms with Crippen molar-refractivity contribution in [1.29, 1.82) is 0 Å². The van der Waals surface area contributed by atoms with Crippen molar-refractivity contribution in [2.45, 2.75) is 31.4 Å². The highest BCUT2D eigenvalue weighted by atomic mass is 32.2. The number of sulfonamides is 1. The fourth-order valence-electron chi connectivity index (χ4n) is 3.06. The second-order valence-corrected chi connectivity index (χ2v) is 8.79. The zero-order valence-corrected chi connectivity index (χ0v) is 15.2. The van der Waals surface area contributed by atoms with E-state index in [0.29, 0.717) is 12.0 Å². The first kappa shape index (κ1) is 18.3. The highest BCUT2D eigenvalue weighted by Crippen LogP contribution is 2.39. The second-order valence-electron chi connectivity index (χ2n) is 5.97. The van der Waals surface area contributed by atoms with E-state index in [4.69, 9.17) is 0 Å². The summed E-state index contributed by atoms with van der Waals surface area (Å²) in [7, 11) is -4.01. The van der Waals surface area contributed by atoms with Crippen molar-refractivity contribution >= 4 is 38.0 Å². The van der Waals surface area contributed by atoms with Gasteiger partial charge in [0.1, 0.15) is 10.8 Å². The monoisotopic (exact) mass is 396 g/mol. The van der Waals surface area contributed by atoms with Crippen LogP contribution in [0.25, 0.3) is 0 Å². The number of hydrogen-bond acceptors (Lipinski definition) is 6. The fourth-order valence-corrected chi connectivity index (χ4v) is 5.85. The molecule has 3 rings (SSSR count). The third kappa shape index (κ3) is 3.70. The number of fused-ring (bicyclic) bond motifs is 1. The van der Waals surface area contributed by atoms with Crippen LogP contribution in [0, 0.1) is 10.1 Å². The van der Waals surface area contributed by atoms with Crippen molar-refractivity contribution < 1.29 is 23.2 Å². The number of nitro benzene ring substituents is 1. The molecule has 1 heterocycles. The largest absolute Gasteiger partial charge is 0.478 e. The normalized spacial score (nSPS) is 13.8. The van der Waals surface area contributed by atoms with Crippen LogP contribution < -0.4 is 4.72 Å². The average molecular weight is 396 g/mol. The van der Waals surface area contributed by atoms with Gasteiger partial charge in [0.25, 0.3) is 5.69 Å². The molecule has 1 aromatic carbocycles. The highest BCUT2D eigenvalue weighted by Gasteiger charge is 2.28. The van der Waals surface area contributed by atoms with Crippen LogP contribution in [0.5, 0.6) is 0 Å². The van der Waals surface area contributed by atoms with E-state index in [1.165, 1.54) is 24.3 Å². The summed E-state index contributed by atoms with van der Waals surface area (Å²) in [5.41, 5.74) is 0.443. The highest BCUT2D eigenvalue weighted by molar-refractivity contribution is 7.92. The lowest BCUT2D eigenvalue weighted by molar-refractivity contribution is -0.385. The molecule has 0 fully saturated rings. The van der Waals surface area contributed by atoms with Crippen molar-refractivity contribution in [3.8, 4) is 0 Å². The molecular weight excluding hydrogens is 380 g/mol. The lowest BCUT2D eigenvalue weighted by Gasteiger charge is -2.11. The van der Waals surface area contributed by atoms with Gasteiger partial charge >= 0.3 is 5.97 Å². The predicted octanol–water partition coefficient (Wildman–Crippen LogP) is 3.18. The number of thiophene rings is 1. The smallest absolute Gasteiger partial charge is 0.339 e. The van der Waals surface area contributed by atoms with Gasteiger partial charge in [0, 0.05) is 16.5 Å². The predicted molar refractivity (Wildman–Crippen MR) is 97.3 cm³/mol. The molecule has 0 saturated carbocycles. The molecule has 0 spiro atoms. The number of carbonyl (C=O) groups is 1. The van der Waals surface area contributed by atoms with E-state index >= 15 is 0 Å². The van der Waals surface area contributed by atoms with Crippen LogP contribution in [0.15, 0.2) is 24.3 Å². The molecule has 26 heavy (non-hydrogen) atoms. The molecule has 0 aliphatic heterocycles. The summed E-state index contributed by atoms with van der Waals surface area (Å²) in [5.74, 6) is -1.78. The van der Waals surface area contributed by atoms with Gasteiger partial charge in [-0.25, -0.2) is 13.2 Å². The van der Waals surface area contributed by atoms with E-state index in [9.17, 15) is 28.4 Å². The van der Waals surface area contributed by atoms with Crippen molar-refractivity contribution in [3.63, 3.8) is 0 Å². The van der Waals surface area contributed by atoms with Gasteiger partial charge in [-0.2, -0.15) is 0 Å². The Balaban J connectivity index is 1.93. The van der Waals surface area contributed by atoms with Crippen molar-refractivity contribution in [2.24, 2.45) is 0 Å². The molecule has 0 bridgehead atoms. The van der Waals surface area contributed by atoms with Gasteiger partial charge in [0.2, 0.25) is 10.0 Å². The summed E-state index contributed by atoms with van der Waals surface area (Å²) in [6, 6.07) is 5.58. The maximum Gasteiger partial charge on any atom is 0.339 e. The fraction of sp³-hybridized carbons (Fsp3) is 0.312. The number of benzene rings is 1. The maximum absolute atomic E-state index is 12.5. The molecule has 10 heteroatoms. The summed E-state index contributed by atoms with van der Waals surface area (Å²) >= 11 is 1.13. The van der Waals surface area contributed by atoms with Gasteiger partial charge in [0.05, 0.1) is 10.5 Å². The van der Waals surface area contributed by atoms with Crippen LogP contribution in [0.1, 0.15) is 39.2 Å². The molecule has 8 nitrogen and oxygen atoms in total. The molecule has 0 amide bonds. The van der Waals surface area contributed by atoms with Crippen LogP contribution in [0.4, 0.5) is 10.7 Å². The van der Waals surface area contributed by atoms with Crippen LogP contribution in [0.3, 0.4) is 0 Å². The minimum atomic E-state index is -4.01. The van der Waals surface area contributed by atoms with E-state index < -0.39 is 26.7 Å². The van der Waals surface area contributed by atoms with Gasteiger partial charge in [-0.05, 0) is 31.2 Å². The number of anilines is 1. The quantitative estimate of drug-likeness (QED) is 0.570. The number of carboxylic acids is 1. The Kier molecular flexibility index (Phi) is 4.97. The minimum absolute atomic E-state index is 0.00386. The molecule has 0 atom stereocenters. The molecular formula is C16H16N2O6S2. The van der Waals surface area contributed by atoms with Crippen LogP contribution in [-0.2, 0) is 28.6 Å². The Morgan fingerprint density at radius 2 is 1.96 bits per heavy atom. The molecule has 0 unspecified atom stereocenters. The van der Waals surface area contributed by atoms with Crippen molar-refractivity contribution in [1.82, 2.24) is 0 Å². The first-order valence-electron chi connectivity index (χ1n) is 7.89. The Morgan fingerprint density at radius 3 is 2.65 bits per heavy atom. The first-order valence-corrected chi connectivity index (χ1v) is 10.4. The molecule has 1 aliphatic rings. The van der Waals surface area contributed by atoms with Crippen LogP contribution >= 0.6 is 11.3 Å². The van der Waals surface area contributed by atoms with Gasteiger partial charge in [-0.3, -0.25) is 14.8 Å². The summed E-state index contributed by atoms with van der Waals surface area (Å²) in [4.78, 5) is 22.9. The molecule has 0 radical (unpaired) electrons. The number of rotatable bonds is 6. The van der Waals surface area contributed by atoms with E-state index in [-0.39, 0.29) is 21.8 Å². The Hall–Kier alpha value is -2.46. The SMILES string of the molecule is O=C(O)c1c(NS(=O)(=O)Cc2ccccc2[N+](=O)[O-])sc2c1CCCC2. The number of nitrogens with zero attached hydrogens (tertiary/aromatic N) is 1. The standard InChI is InChI=1S/C16H16N2O6S2/c19-16(20)14-11-6-2-4-8-13(11)25-15(14)17-26(23,24)9-10-5-1-3-7-12(10)18(21)22/h1,3,5,7,17H,2,4,6,8-9H2,(H,19,20). The van der Waals surface area contributed by atoms with E-state index in [2.05, 4.69) is 4.72 Å². The van der Waals surface area contributed by atoms with Crippen LogP contribution in [0.2, 0.25) is 0 Å². The van der Waals surface area contributed by atoms with E-state index in [0.717, 1.165) is 35.5 Å². The molecule has 0 saturated heterocycles. The number of aromatic carboxylic acids is 1. The average Bonchev–Trinajstić information content (AvgIpc) is 2.91. The van der Waals surface area contributed by atoms with E-state index in [1.807, 2.05) is 0 Å². The van der Waals surface area contributed by atoms with Crippen LogP contribution in [-0.4, -0.2) is 24.4 Å². The van der Waals surface area contributed by atoms with Crippen molar-refractivity contribution in [3.05, 3.63) is 55.9 Å². The lowest BCUT2D eigenvalue weighted by atomic mass is 9.96. The zero-order chi connectivity index (χ0) is 18.9. The third-order valence-electron chi connectivity index (χ3n) is 4.17. The minimum Gasteiger partial charge on any atom is -0.478 e. The van der Waals surface area contributed by atoms with Gasteiger partial charge < -0.3 is 5.11 Å². The number of hydrogen-bond donors (Lipinski definition) is 2. The maximum atomic E-state index is 12.5. The number of carboxylic acid groups (broad SMARTS) is 1. The Morgan fingerprint density at radius 1 is 1.27 bits per heavy atom. The summed E-state index contributed by atoms with van der Waals surface area (Å²) < 4.78 is 27.4. The summed E-state index contributed by atoms with van der Waals surface area (Å²) in [6.45, 7) is 0. The molecule has 138 valence electrons. The number of para-hydroxylation sites is 1. The molecule has 2 aromatic rings. The first-order chi connectivity index (χ1) is 12.3. The number of aryl methyl sites for hydroxylation is 1. The summed E-state index contributed by atoms with van der Waals surface area (Å²) in [5, 5.41) is 20.6. The van der Waals surface area contributed by atoms with Gasteiger partial charge in [-0.1, -0.05) is 18.2 Å². The van der Waals surface area contributed by atoms with Gasteiger partial charge in [-0.15, -0.1) is 11.3 Å². The Bertz CT molecular complexity index is 981. The van der Waals surface area contributed by atoms with E-state index in [1.54, 1.807) is 0 Å².